The van der Waals surface area contributed by atoms with Crippen molar-refractivity contribution in [3.8, 4) is 0 Å². The first kappa shape index (κ1) is 84.5. The maximum atomic E-state index is 12.0. The van der Waals surface area contributed by atoms with Gasteiger partial charge in [-0.2, -0.15) is 19.8 Å². The van der Waals surface area contributed by atoms with Gasteiger partial charge in [-0.15, -0.1) is 24.0 Å². The third-order valence-electron chi connectivity index (χ3n) is 7.21. The summed E-state index contributed by atoms with van der Waals surface area (Å²) in [6, 6.07) is 27.5. The van der Waals surface area contributed by atoms with E-state index in [4.69, 9.17) is 9.90 Å². The van der Waals surface area contributed by atoms with Gasteiger partial charge in [-0.3, -0.25) is 25.0 Å². The molecule has 18 nitrogen and oxygen atoms in total. The third kappa shape index (κ3) is 37.1. The second-order valence-corrected chi connectivity index (χ2v) is 28.9. The van der Waals surface area contributed by atoms with E-state index in [1.807, 2.05) is 43.2 Å². The number of imide groups is 2. The SMILES string of the molecule is CC(=O)OCC(=O)N(C(=O)O)c1ccc(Cc2ccc(NC(=O)OP)cc2)cc1.CC(=O)[O-].I.I[I-]I.O=C(Nc1ccc(Cc2ccc(N(C(=O)O)C(=O)CBr)cc2)cc1)OP.P.P.[U].[U].[U].[U]. The number of rotatable bonds is 11. The van der Waals surface area contributed by atoms with Gasteiger partial charge in [0, 0.05) is 149 Å². The molecule has 0 aromatic heterocycles. The van der Waals surface area contributed by atoms with Crippen molar-refractivity contribution in [2.24, 2.45) is 0 Å². The number of carboxylic acids is 1. The number of esters is 1. The van der Waals surface area contributed by atoms with E-state index in [0.717, 1.165) is 36.1 Å². The zero-order valence-electron chi connectivity index (χ0n) is 36.2. The van der Waals surface area contributed by atoms with E-state index in [-0.39, 0.29) is 179 Å². The Hall–Kier alpha value is 1.57. The van der Waals surface area contributed by atoms with Crippen LogP contribution in [0.2, 0.25) is 0 Å². The molecule has 4 aromatic rings. The number of nitrogens with zero attached hydrogens (tertiary/aromatic N) is 2. The quantitative estimate of drug-likeness (QED) is 0.0628. The fourth-order valence-electron chi connectivity index (χ4n) is 4.71. The Morgan fingerprint density at radius 3 is 1.10 bits per heavy atom. The van der Waals surface area contributed by atoms with Crippen LogP contribution in [0, 0.1) is 124 Å². The van der Waals surface area contributed by atoms with Gasteiger partial charge in [0.2, 0.25) is 5.91 Å². The molecule has 0 heterocycles. The Bertz CT molecular complexity index is 2150. The number of carbonyl (C=O) groups is 8. The molecule has 0 bridgehead atoms. The van der Waals surface area contributed by atoms with Crippen LogP contribution in [0.4, 0.5) is 41.9 Å². The van der Waals surface area contributed by atoms with E-state index < -0.39 is 54.7 Å². The molecule has 4 N–H and O–H groups in total. The predicted octanol–water partition coefficient (Wildman–Crippen LogP) is 5.48. The van der Waals surface area contributed by atoms with Crippen molar-refractivity contribution in [3.63, 3.8) is 0 Å². The van der Waals surface area contributed by atoms with Gasteiger partial charge in [0.05, 0.1) is 35.6 Å². The molecule has 0 saturated heterocycles. The first-order valence-electron chi connectivity index (χ1n) is 17.0. The Balaban J connectivity index is -0.000000180. The molecule has 0 spiro atoms. The minimum Gasteiger partial charge on any atom is -0.464 e. The standard InChI is InChI=1S/C19H19N2O7P.C17H16BrN2O5P.C2H4O2.I3.HI.2H3P.4U/c1-12(22)27-11-17(23)21(19(25)26)16-8-4-14(5-9-16)10-13-2-6-15(7-3-13)20-18(24)28-29;18-10-15(21)20(17(23)24)14-7-3-12(4-8-14)9-11-1-5-13(6-2-11)19-16(22)25-26;1-2(3)4;1-3-2;;;;;;;/h2-9H,10-11,29H2,1H3,(H,20,24)(H,25,26);1-8H,9-10,26H2,(H,19,22)(H,23,24);1H3,(H,3,4);;1H;2*1H3;;;;/q;;;-1;;;;;;;/p-1. The second kappa shape index (κ2) is 49.2. The molecular weight excluding hydrogens is 2400 g/mol. The molecular formula is C38H45BrI4N4O14P4U4-2. The molecule has 0 radical (unpaired) electrons. The molecule has 0 saturated carbocycles. The summed E-state index contributed by atoms with van der Waals surface area (Å²) in [6.45, 7) is 1.44. The zero-order valence-corrected chi connectivity index (χ0v) is 68.4. The normalized spacial score (nSPS) is 8.68. The number of hydrogen-bond acceptors (Lipinski definition) is 12. The summed E-state index contributed by atoms with van der Waals surface area (Å²) in [5.41, 5.74) is 5.45. The van der Waals surface area contributed by atoms with Gasteiger partial charge in [-0.05, 0) is 90.6 Å². The van der Waals surface area contributed by atoms with Gasteiger partial charge in [0.25, 0.3) is 5.91 Å². The molecule has 4 rings (SSSR count). The molecule has 6 amide bonds. The number of benzene rings is 4. The van der Waals surface area contributed by atoms with Gasteiger partial charge in [0.1, 0.15) is 0 Å². The smallest absolute Gasteiger partial charge is 0.418 e. The van der Waals surface area contributed by atoms with Crippen molar-refractivity contribution in [2.75, 3.05) is 32.4 Å². The summed E-state index contributed by atoms with van der Waals surface area (Å²) in [5.74, 6) is -3.18. The molecule has 0 fully saturated rings. The van der Waals surface area contributed by atoms with Crippen LogP contribution in [0.15, 0.2) is 97.1 Å². The van der Waals surface area contributed by atoms with Crippen LogP contribution in [-0.2, 0) is 45.8 Å². The van der Waals surface area contributed by atoms with E-state index in [9.17, 15) is 43.8 Å². The topological polar surface area (TPSA) is 258 Å². The fourth-order valence-corrected chi connectivity index (χ4v) is 5.08. The number of nitrogens with one attached hydrogen (secondary N) is 2. The van der Waals surface area contributed by atoms with Crippen LogP contribution in [0.5, 0.6) is 0 Å². The second-order valence-electron chi connectivity index (χ2n) is 11.6. The van der Waals surface area contributed by atoms with Crippen molar-refractivity contribution < 1.29 is 205 Å². The summed E-state index contributed by atoms with van der Waals surface area (Å²) in [6.07, 6.45) is -2.78. The van der Waals surface area contributed by atoms with Gasteiger partial charge >= 0.3 is 80.8 Å². The Kier molecular flexibility index (Phi) is 60.2. The van der Waals surface area contributed by atoms with Crippen LogP contribution in [0.1, 0.15) is 36.1 Å². The van der Waals surface area contributed by atoms with Crippen LogP contribution in [0.25, 0.3) is 0 Å². The first-order chi connectivity index (χ1) is 29.4. The van der Waals surface area contributed by atoms with Crippen LogP contribution in [0.3, 0.4) is 0 Å². The summed E-state index contributed by atoms with van der Waals surface area (Å²) < 4.78 is 13.5. The zero-order chi connectivity index (χ0) is 46.8. The fraction of sp³-hybridized carbons (Fsp3) is 0.158. The molecule has 0 aliphatic carbocycles. The summed E-state index contributed by atoms with van der Waals surface area (Å²) >= 11 is 8.28. The molecule has 0 aliphatic heterocycles. The number of amides is 6. The number of anilines is 4. The molecule has 31 heteroatoms. The number of carbonyl (C=O) groups excluding carboxylic acids is 6. The van der Waals surface area contributed by atoms with E-state index in [1.54, 1.807) is 60.7 Å². The molecule has 0 aliphatic rings. The van der Waals surface area contributed by atoms with E-state index >= 15 is 0 Å². The molecule has 4 aromatic carbocycles. The van der Waals surface area contributed by atoms with Gasteiger partial charge < -0.3 is 33.9 Å². The molecule has 374 valence electrons. The summed E-state index contributed by atoms with van der Waals surface area (Å²) in [5, 5.41) is 32.4. The number of hydrogen-bond donors (Lipinski definition) is 4. The van der Waals surface area contributed by atoms with Crippen molar-refractivity contribution in [1.82, 2.24) is 0 Å². The van der Waals surface area contributed by atoms with Crippen molar-refractivity contribution in [1.29, 1.82) is 0 Å². The van der Waals surface area contributed by atoms with Crippen molar-refractivity contribution in [3.05, 3.63) is 119 Å². The monoisotopic (exact) mass is 2440 g/mol. The summed E-state index contributed by atoms with van der Waals surface area (Å²) in [7, 11) is 3.73. The van der Waals surface area contributed by atoms with Gasteiger partial charge in [0.15, 0.2) is 6.61 Å². The minimum atomic E-state index is -1.47. The van der Waals surface area contributed by atoms with Crippen molar-refractivity contribution in [2.45, 2.75) is 26.7 Å². The number of aliphatic carboxylic acids is 1. The van der Waals surface area contributed by atoms with Crippen LogP contribution < -0.4 is 38.8 Å². The van der Waals surface area contributed by atoms with Gasteiger partial charge in [-0.25, -0.2) is 29.0 Å². The number of halogens is 5. The maximum Gasteiger partial charge on any atom is 0.418 e. The van der Waals surface area contributed by atoms with Gasteiger partial charge in [-0.1, -0.05) is 64.5 Å². The largest absolute Gasteiger partial charge is 0.464 e. The Labute approximate surface area is 560 Å². The third-order valence-corrected chi connectivity index (χ3v) is 8.12. The average molecular weight is 2450 g/mol. The molecule has 4 atom stereocenters. The number of carboxylic acid groups (broad SMARTS) is 3. The number of alkyl halides is 1. The van der Waals surface area contributed by atoms with E-state index in [0.29, 0.717) is 53.0 Å². The molecule has 4 unspecified atom stereocenters. The first-order valence-corrected chi connectivity index (χ1v) is 31.6. The van der Waals surface area contributed by atoms with E-state index in [1.165, 1.54) is 12.1 Å². The average Bonchev–Trinajstić information content (AvgIpc) is 3.22. The maximum absolute atomic E-state index is 12.0. The number of ether oxygens (including phenoxy) is 1. The Morgan fingerprint density at radius 1 is 0.609 bits per heavy atom. The van der Waals surface area contributed by atoms with E-state index in [2.05, 4.69) is 77.6 Å². The molecule has 69 heavy (non-hydrogen) atoms. The summed E-state index contributed by atoms with van der Waals surface area (Å²) in [4.78, 5) is 89.6. The van der Waals surface area contributed by atoms with Crippen LogP contribution >= 0.6 is 116 Å². The minimum absolute atomic E-state index is 0. The predicted molar refractivity (Wildman–Crippen MR) is 289 cm³/mol. The van der Waals surface area contributed by atoms with Crippen LogP contribution in [-0.4, -0.2) is 70.3 Å². The Morgan fingerprint density at radius 2 is 0.870 bits per heavy atom. The van der Waals surface area contributed by atoms with Crippen molar-refractivity contribution >= 4 is 187 Å².